The smallest absolute Gasteiger partial charge is 0.337 e. The molecule has 0 saturated carbocycles. The van der Waals surface area contributed by atoms with Gasteiger partial charge < -0.3 is 5.11 Å². The van der Waals surface area contributed by atoms with Gasteiger partial charge in [0.1, 0.15) is 0 Å². The van der Waals surface area contributed by atoms with E-state index in [1.54, 1.807) is 12.1 Å². The maximum Gasteiger partial charge on any atom is 0.337 e. The van der Waals surface area contributed by atoms with Crippen molar-refractivity contribution in [3.8, 4) is 11.3 Å². The van der Waals surface area contributed by atoms with Gasteiger partial charge in [-0.05, 0) is 30.0 Å². The van der Waals surface area contributed by atoms with E-state index in [9.17, 15) is 9.90 Å². The second-order valence-corrected chi connectivity index (χ2v) is 5.14. The lowest BCUT2D eigenvalue weighted by molar-refractivity contribution is 0.0694. The topological polar surface area (TPSA) is 50.2 Å². The van der Waals surface area contributed by atoms with Gasteiger partial charge >= 0.3 is 5.97 Å². The molecule has 0 fully saturated rings. The lowest BCUT2D eigenvalue weighted by atomic mass is 10.0. The SMILES string of the molecule is CCc1ccc(-c2ccc(C(=O)O)c(C(C)C)n2)cc1. The van der Waals surface area contributed by atoms with E-state index in [1.807, 2.05) is 26.0 Å². The fourth-order valence-corrected chi connectivity index (χ4v) is 2.17. The molecule has 1 aromatic heterocycles. The van der Waals surface area contributed by atoms with Crippen LogP contribution in [0.5, 0.6) is 0 Å². The zero-order valence-corrected chi connectivity index (χ0v) is 12.1. The Labute approximate surface area is 119 Å². The number of carboxylic acids is 1. The molecule has 0 unspecified atom stereocenters. The number of benzene rings is 1. The molecular weight excluding hydrogens is 250 g/mol. The number of nitrogens with zero attached hydrogens (tertiary/aromatic N) is 1. The van der Waals surface area contributed by atoms with Crippen LogP contribution in [0.15, 0.2) is 36.4 Å². The number of hydrogen-bond acceptors (Lipinski definition) is 2. The molecule has 2 rings (SSSR count). The van der Waals surface area contributed by atoms with E-state index in [-0.39, 0.29) is 11.5 Å². The van der Waals surface area contributed by atoms with Crippen molar-refractivity contribution in [1.29, 1.82) is 0 Å². The van der Waals surface area contributed by atoms with E-state index in [1.165, 1.54) is 5.56 Å². The van der Waals surface area contributed by atoms with E-state index in [2.05, 4.69) is 24.0 Å². The molecule has 0 saturated heterocycles. The van der Waals surface area contributed by atoms with Gasteiger partial charge in [0.25, 0.3) is 0 Å². The van der Waals surface area contributed by atoms with Crippen molar-refractivity contribution in [3.63, 3.8) is 0 Å². The van der Waals surface area contributed by atoms with Crippen molar-refractivity contribution in [1.82, 2.24) is 4.98 Å². The quantitative estimate of drug-likeness (QED) is 0.907. The van der Waals surface area contributed by atoms with Gasteiger partial charge in [0.2, 0.25) is 0 Å². The van der Waals surface area contributed by atoms with Crippen LogP contribution in [0.4, 0.5) is 0 Å². The number of carboxylic acid groups (broad SMARTS) is 1. The first-order chi connectivity index (χ1) is 9.52. The monoisotopic (exact) mass is 269 g/mol. The molecule has 0 atom stereocenters. The highest BCUT2D eigenvalue weighted by molar-refractivity contribution is 5.89. The molecule has 104 valence electrons. The first-order valence-electron chi connectivity index (χ1n) is 6.86. The summed E-state index contributed by atoms with van der Waals surface area (Å²) in [5, 5.41) is 9.20. The largest absolute Gasteiger partial charge is 0.478 e. The molecule has 0 bridgehead atoms. The summed E-state index contributed by atoms with van der Waals surface area (Å²) in [6, 6.07) is 11.6. The van der Waals surface area contributed by atoms with Crippen LogP contribution in [0.25, 0.3) is 11.3 Å². The normalized spacial score (nSPS) is 10.8. The molecule has 0 spiro atoms. The Morgan fingerprint density at radius 1 is 1.15 bits per heavy atom. The van der Waals surface area contributed by atoms with Gasteiger partial charge in [-0.3, -0.25) is 4.98 Å². The zero-order chi connectivity index (χ0) is 14.7. The average molecular weight is 269 g/mol. The summed E-state index contributed by atoms with van der Waals surface area (Å²) in [7, 11) is 0. The van der Waals surface area contributed by atoms with Crippen LogP contribution >= 0.6 is 0 Å². The number of aromatic nitrogens is 1. The van der Waals surface area contributed by atoms with Crippen LogP contribution in [-0.4, -0.2) is 16.1 Å². The van der Waals surface area contributed by atoms with Crippen molar-refractivity contribution >= 4 is 5.97 Å². The first-order valence-corrected chi connectivity index (χ1v) is 6.86. The molecule has 0 aliphatic heterocycles. The Morgan fingerprint density at radius 3 is 2.30 bits per heavy atom. The summed E-state index contributed by atoms with van der Waals surface area (Å²) in [5.41, 5.74) is 4.03. The molecule has 20 heavy (non-hydrogen) atoms. The van der Waals surface area contributed by atoms with Crippen molar-refractivity contribution in [2.75, 3.05) is 0 Å². The molecule has 1 N–H and O–H groups in total. The Morgan fingerprint density at radius 2 is 1.80 bits per heavy atom. The summed E-state index contributed by atoms with van der Waals surface area (Å²) >= 11 is 0. The van der Waals surface area contributed by atoms with Crippen LogP contribution < -0.4 is 0 Å². The Hall–Kier alpha value is -2.16. The summed E-state index contributed by atoms with van der Waals surface area (Å²) < 4.78 is 0. The van der Waals surface area contributed by atoms with Crippen LogP contribution in [0.2, 0.25) is 0 Å². The number of carbonyl (C=O) groups is 1. The highest BCUT2D eigenvalue weighted by atomic mass is 16.4. The Balaban J connectivity index is 2.47. The molecule has 0 aliphatic carbocycles. The minimum absolute atomic E-state index is 0.0796. The lowest BCUT2D eigenvalue weighted by Gasteiger charge is -2.11. The standard InChI is InChI=1S/C17H19NO2/c1-4-12-5-7-13(8-6-12)15-10-9-14(17(19)20)16(18-15)11(2)3/h5-11H,4H2,1-3H3,(H,19,20). The van der Waals surface area contributed by atoms with Gasteiger partial charge in [0.15, 0.2) is 0 Å². The molecular formula is C17H19NO2. The molecule has 0 radical (unpaired) electrons. The van der Waals surface area contributed by atoms with Gasteiger partial charge in [-0.2, -0.15) is 0 Å². The average Bonchev–Trinajstić information content (AvgIpc) is 2.46. The number of hydrogen-bond donors (Lipinski definition) is 1. The maximum absolute atomic E-state index is 11.2. The fourth-order valence-electron chi connectivity index (χ4n) is 2.17. The second-order valence-electron chi connectivity index (χ2n) is 5.14. The number of aryl methyl sites for hydroxylation is 1. The fraction of sp³-hybridized carbons (Fsp3) is 0.294. The van der Waals surface area contributed by atoms with Crippen LogP contribution in [-0.2, 0) is 6.42 Å². The van der Waals surface area contributed by atoms with Crippen molar-refractivity contribution in [2.24, 2.45) is 0 Å². The lowest BCUT2D eigenvalue weighted by Crippen LogP contribution is -2.07. The van der Waals surface area contributed by atoms with Crippen molar-refractivity contribution in [2.45, 2.75) is 33.1 Å². The molecule has 1 heterocycles. The molecule has 3 nitrogen and oxygen atoms in total. The summed E-state index contributed by atoms with van der Waals surface area (Å²) in [6.07, 6.45) is 1.00. The van der Waals surface area contributed by atoms with Gasteiger partial charge in [0, 0.05) is 5.56 Å². The molecule has 1 aromatic carbocycles. The second kappa shape index (κ2) is 5.87. The van der Waals surface area contributed by atoms with Crippen LogP contribution in [0.1, 0.15) is 48.3 Å². The minimum Gasteiger partial charge on any atom is -0.478 e. The van der Waals surface area contributed by atoms with Crippen molar-refractivity contribution < 1.29 is 9.90 Å². The van der Waals surface area contributed by atoms with E-state index < -0.39 is 5.97 Å². The maximum atomic E-state index is 11.2. The predicted octanol–water partition coefficient (Wildman–Crippen LogP) is 4.13. The summed E-state index contributed by atoms with van der Waals surface area (Å²) in [5.74, 6) is -0.843. The van der Waals surface area contributed by atoms with Crippen molar-refractivity contribution in [3.05, 3.63) is 53.2 Å². The number of rotatable bonds is 4. The third kappa shape index (κ3) is 2.87. The highest BCUT2D eigenvalue weighted by Gasteiger charge is 2.15. The molecule has 0 aliphatic rings. The van der Waals surface area contributed by atoms with Gasteiger partial charge in [-0.25, -0.2) is 4.79 Å². The Bertz CT molecular complexity index is 615. The molecule has 0 amide bonds. The summed E-state index contributed by atoms with van der Waals surface area (Å²) in [4.78, 5) is 15.8. The van der Waals surface area contributed by atoms with Gasteiger partial charge in [-0.1, -0.05) is 45.0 Å². The molecule has 3 heteroatoms. The van der Waals surface area contributed by atoms with Crippen LogP contribution in [0, 0.1) is 0 Å². The molecule has 2 aromatic rings. The van der Waals surface area contributed by atoms with E-state index in [4.69, 9.17) is 0 Å². The van der Waals surface area contributed by atoms with E-state index in [0.717, 1.165) is 17.7 Å². The third-order valence-corrected chi connectivity index (χ3v) is 3.36. The Kier molecular flexibility index (Phi) is 4.18. The predicted molar refractivity (Wildman–Crippen MR) is 80.1 cm³/mol. The van der Waals surface area contributed by atoms with E-state index in [0.29, 0.717) is 5.69 Å². The third-order valence-electron chi connectivity index (χ3n) is 3.36. The first kappa shape index (κ1) is 14.3. The highest BCUT2D eigenvalue weighted by Crippen LogP contribution is 2.24. The van der Waals surface area contributed by atoms with E-state index >= 15 is 0 Å². The minimum atomic E-state index is -0.922. The van der Waals surface area contributed by atoms with Gasteiger partial charge in [0.05, 0.1) is 17.0 Å². The number of aromatic carboxylic acids is 1. The summed E-state index contributed by atoms with van der Waals surface area (Å²) in [6.45, 7) is 6.03. The van der Waals surface area contributed by atoms with Crippen LogP contribution in [0.3, 0.4) is 0 Å². The zero-order valence-electron chi connectivity index (χ0n) is 12.1. The van der Waals surface area contributed by atoms with Gasteiger partial charge in [-0.15, -0.1) is 0 Å². The number of pyridine rings is 1.